The molecular formula is C28H25N3O3S. The highest BCUT2D eigenvalue weighted by molar-refractivity contribution is 7.22. The zero-order chi connectivity index (χ0) is 24.9. The molecule has 0 aliphatic carbocycles. The third-order valence-corrected chi connectivity index (χ3v) is 7.34. The molecule has 1 amide bonds. The highest BCUT2D eigenvalue weighted by Crippen LogP contribution is 2.44. The Bertz CT molecular complexity index is 1470. The number of para-hydroxylation sites is 1. The molecule has 7 heteroatoms. The van der Waals surface area contributed by atoms with Gasteiger partial charge in [0.25, 0.3) is 5.78 Å². The summed E-state index contributed by atoms with van der Waals surface area (Å²) >= 11 is 1.35. The highest BCUT2D eigenvalue weighted by Gasteiger charge is 2.48. The van der Waals surface area contributed by atoms with Gasteiger partial charge in [-0.2, -0.15) is 0 Å². The van der Waals surface area contributed by atoms with Crippen LogP contribution in [0.1, 0.15) is 28.3 Å². The predicted molar refractivity (Wildman–Crippen MR) is 141 cm³/mol. The van der Waals surface area contributed by atoms with E-state index in [-0.39, 0.29) is 11.3 Å². The summed E-state index contributed by atoms with van der Waals surface area (Å²) in [6, 6.07) is 20.1. The van der Waals surface area contributed by atoms with Crippen LogP contribution in [0.5, 0.6) is 0 Å². The average molecular weight is 484 g/mol. The number of rotatable bonds is 4. The van der Waals surface area contributed by atoms with Crippen molar-refractivity contribution in [1.29, 1.82) is 0 Å². The van der Waals surface area contributed by atoms with E-state index in [9.17, 15) is 14.7 Å². The van der Waals surface area contributed by atoms with Gasteiger partial charge in [0.2, 0.25) is 0 Å². The molecule has 1 aromatic heterocycles. The number of aryl methyl sites for hydroxylation is 2. The minimum absolute atomic E-state index is 0.0700. The van der Waals surface area contributed by atoms with E-state index >= 15 is 0 Å². The molecule has 1 aliphatic rings. The number of hydrogen-bond acceptors (Lipinski definition) is 6. The van der Waals surface area contributed by atoms with Crippen LogP contribution < -0.4 is 9.80 Å². The van der Waals surface area contributed by atoms with Crippen LogP contribution in [0.4, 0.5) is 10.8 Å². The number of carbonyl (C=O) groups excluding carboxylic acids is 2. The minimum atomic E-state index is -0.799. The normalized spacial score (nSPS) is 17.4. The van der Waals surface area contributed by atoms with Crippen molar-refractivity contribution in [2.75, 3.05) is 23.9 Å². The first kappa shape index (κ1) is 22.8. The van der Waals surface area contributed by atoms with Gasteiger partial charge in [-0.05, 0) is 55.3 Å². The lowest BCUT2D eigenvalue weighted by atomic mass is 9.93. The summed E-state index contributed by atoms with van der Waals surface area (Å²) in [6.45, 7) is 3.80. The second-order valence-electron chi connectivity index (χ2n) is 8.94. The van der Waals surface area contributed by atoms with Crippen LogP contribution in [0.3, 0.4) is 0 Å². The van der Waals surface area contributed by atoms with Crippen molar-refractivity contribution in [1.82, 2.24) is 4.98 Å². The van der Waals surface area contributed by atoms with E-state index in [1.165, 1.54) is 16.2 Å². The maximum atomic E-state index is 13.4. The van der Waals surface area contributed by atoms with E-state index in [0.717, 1.165) is 32.6 Å². The summed E-state index contributed by atoms with van der Waals surface area (Å²) in [6.07, 6.45) is 0. The van der Waals surface area contributed by atoms with E-state index < -0.39 is 17.7 Å². The Kier molecular flexibility index (Phi) is 5.65. The van der Waals surface area contributed by atoms with Crippen LogP contribution in [0.15, 0.2) is 72.3 Å². The maximum Gasteiger partial charge on any atom is 0.301 e. The van der Waals surface area contributed by atoms with Gasteiger partial charge >= 0.3 is 5.91 Å². The number of ketones is 1. The van der Waals surface area contributed by atoms with Crippen molar-refractivity contribution in [3.8, 4) is 0 Å². The molecular weight excluding hydrogens is 458 g/mol. The third-order valence-electron chi connectivity index (χ3n) is 6.31. The molecule has 1 saturated heterocycles. The summed E-state index contributed by atoms with van der Waals surface area (Å²) in [5, 5.41) is 11.9. The summed E-state index contributed by atoms with van der Waals surface area (Å²) < 4.78 is 0.917. The van der Waals surface area contributed by atoms with Crippen molar-refractivity contribution in [2.24, 2.45) is 0 Å². The standard InChI is InChI=1S/C28H25N3O3S/c1-16-9-10-17(2)20(15-16)25(32)23-24(18-11-13-19(14-12-18)30(3)4)31(27(34)26(23)33)28-29-21-7-5-6-8-22(21)35-28/h5-15,24,32H,1-4H3/b25-23+. The molecule has 2 heterocycles. The molecule has 176 valence electrons. The molecule has 0 saturated carbocycles. The molecule has 0 bridgehead atoms. The molecule has 1 unspecified atom stereocenters. The van der Waals surface area contributed by atoms with Gasteiger partial charge in [0.05, 0.1) is 21.8 Å². The number of hydrogen-bond donors (Lipinski definition) is 1. The van der Waals surface area contributed by atoms with Gasteiger partial charge in [0.15, 0.2) is 5.13 Å². The monoisotopic (exact) mass is 483 g/mol. The van der Waals surface area contributed by atoms with E-state index in [1.54, 1.807) is 0 Å². The van der Waals surface area contributed by atoms with E-state index in [1.807, 2.05) is 99.6 Å². The Labute approximate surface area is 207 Å². The van der Waals surface area contributed by atoms with E-state index in [2.05, 4.69) is 4.98 Å². The zero-order valence-corrected chi connectivity index (χ0v) is 20.8. The van der Waals surface area contributed by atoms with Crippen molar-refractivity contribution in [3.05, 3.63) is 94.6 Å². The molecule has 5 rings (SSSR count). The average Bonchev–Trinajstić information content (AvgIpc) is 3.38. The predicted octanol–water partition coefficient (Wildman–Crippen LogP) is 5.61. The number of nitrogens with zero attached hydrogens (tertiary/aromatic N) is 3. The number of fused-ring (bicyclic) bond motifs is 1. The molecule has 6 nitrogen and oxygen atoms in total. The number of Topliss-reactive ketones (excluding diaryl/α,β-unsaturated/α-hetero) is 1. The Morgan fingerprint density at radius 1 is 1.00 bits per heavy atom. The first-order valence-corrected chi connectivity index (χ1v) is 12.1. The second-order valence-corrected chi connectivity index (χ2v) is 9.95. The highest BCUT2D eigenvalue weighted by atomic mass is 32.1. The molecule has 1 atom stereocenters. The van der Waals surface area contributed by atoms with Crippen LogP contribution in [0.25, 0.3) is 16.0 Å². The van der Waals surface area contributed by atoms with Crippen molar-refractivity contribution in [2.45, 2.75) is 19.9 Å². The molecule has 35 heavy (non-hydrogen) atoms. The van der Waals surface area contributed by atoms with Gasteiger partial charge in [-0.1, -0.05) is 53.3 Å². The quantitative estimate of drug-likeness (QED) is 0.232. The van der Waals surface area contributed by atoms with E-state index in [4.69, 9.17) is 0 Å². The SMILES string of the molecule is Cc1ccc(C)c(/C(O)=C2\C(=O)C(=O)N(c3nc4ccccc4s3)C2c2ccc(N(C)C)cc2)c1. The topological polar surface area (TPSA) is 73.7 Å². The fourth-order valence-corrected chi connectivity index (χ4v) is 5.39. The van der Waals surface area contributed by atoms with Gasteiger partial charge < -0.3 is 10.0 Å². The minimum Gasteiger partial charge on any atom is -0.507 e. The number of carbonyl (C=O) groups is 2. The lowest BCUT2D eigenvalue weighted by Crippen LogP contribution is -2.29. The Morgan fingerprint density at radius 2 is 1.71 bits per heavy atom. The van der Waals surface area contributed by atoms with Gasteiger partial charge in [-0.15, -0.1) is 0 Å². The molecule has 0 radical (unpaired) electrons. The van der Waals surface area contributed by atoms with Crippen molar-refractivity contribution < 1.29 is 14.7 Å². The number of benzene rings is 3. The molecule has 1 N–H and O–H groups in total. The molecule has 1 fully saturated rings. The van der Waals surface area contributed by atoms with Gasteiger partial charge in [0, 0.05) is 25.3 Å². The summed E-state index contributed by atoms with van der Waals surface area (Å²) in [5.74, 6) is -1.59. The number of aliphatic hydroxyl groups excluding tert-OH is 1. The lowest BCUT2D eigenvalue weighted by molar-refractivity contribution is -0.132. The number of amides is 1. The van der Waals surface area contributed by atoms with Gasteiger partial charge in [-0.25, -0.2) is 4.98 Å². The smallest absolute Gasteiger partial charge is 0.301 e. The second kappa shape index (κ2) is 8.67. The molecule has 4 aromatic rings. The zero-order valence-electron chi connectivity index (χ0n) is 19.9. The Morgan fingerprint density at radius 3 is 2.40 bits per heavy atom. The van der Waals surface area contributed by atoms with Crippen LogP contribution in [-0.2, 0) is 9.59 Å². The first-order valence-electron chi connectivity index (χ1n) is 11.3. The fraction of sp³-hybridized carbons (Fsp3) is 0.179. The van der Waals surface area contributed by atoms with Crippen molar-refractivity contribution >= 4 is 49.8 Å². The molecule has 0 spiro atoms. The number of aromatic nitrogens is 1. The van der Waals surface area contributed by atoms with Crippen LogP contribution in [0, 0.1) is 13.8 Å². The van der Waals surface area contributed by atoms with Crippen LogP contribution >= 0.6 is 11.3 Å². The maximum absolute atomic E-state index is 13.4. The largest absolute Gasteiger partial charge is 0.507 e. The van der Waals surface area contributed by atoms with Gasteiger partial charge in [0.1, 0.15) is 5.76 Å². The number of aliphatic hydroxyl groups is 1. The lowest BCUT2D eigenvalue weighted by Gasteiger charge is -2.24. The fourth-order valence-electron chi connectivity index (χ4n) is 4.40. The summed E-state index contributed by atoms with van der Waals surface area (Å²) in [7, 11) is 3.89. The third kappa shape index (κ3) is 3.88. The van der Waals surface area contributed by atoms with Crippen LogP contribution in [0.2, 0.25) is 0 Å². The molecule has 1 aliphatic heterocycles. The van der Waals surface area contributed by atoms with Gasteiger partial charge in [-0.3, -0.25) is 14.5 Å². The number of thiazole rings is 1. The first-order chi connectivity index (χ1) is 16.8. The summed E-state index contributed by atoms with van der Waals surface area (Å²) in [5.41, 5.74) is 4.85. The molecule has 3 aromatic carbocycles. The Hall–Kier alpha value is -3.97. The number of anilines is 2. The summed E-state index contributed by atoms with van der Waals surface area (Å²) in [4.78, 5) is 34.9. The van der Waals surface area contributed by atoms with E-state index in [0.29, 0.717) is 10.7 Å². The van der Waals surface area contributed by atoms with Crippen molar-refractivity contribution in [3.63, 3.8) is 0 Å². The Balaban J connectivity index is 1.74. The van der Waals surface area contributed by atoms with Crippen LogP contribution in [-0.4, -0.2) is 35.9 Å².